The molecule has 0 spiro atoms. The fourth-order valence-electron chi connectivity index (χ4n) is 3.83. The maximum atomic E-state index is 13.8. The maximum Gasteiger partial charge on any atom is 0.244 e. The van der Waals surface area contributed by atoms with Gasteiger partial charge < -0.3 is 15.0 Å². The largest absolute Gasteiger partial charge is 0.497 e. The Morgan fingerprint density at radius 3 is 2.25 bits per heavy atom. The fraction of sp³-hybridized carbons (Fsp3) is 0.481. The first-order valence-corrected chi connectivity index (χ1v) is 13.8. The molecular formula is C27H39N3O5S. The highest BCUT2D eigenvalue weighted by atomic mass is 32.2. The molecule has 0 aromatic heterocycles. The van der Waals surface area contributed by atoms with Gasteiger partial charge in [-0.3, -0.25) is 13.9 Å². The van der Waals surface area contributed by atoms with Crippen LogP contribution >= 0.6 is 0 Å². The normalized spacial score (nSPS) is 12.6. The van der Waals surface area contributed by atoms with Gasteiger partial charge in [-0.1, -0.05) is 25.1 Å². The van der Waals surface area contributed by atoms with Crippen LogP contribution < -0.4 is 14.4 Å². The van der Waals surface area contributed by atoms with Crippen molar-refractivity contribution in [1.82, 2.24) is 10.2 Å². The van der Waals surface area contributed by atoms with Crippen LogP contribution in [-0.2, 0) is 26.2 Å². The number of rotatable bonds is 10. The van der Waals surface area contributed by atoms with Crippen LogP contribution in [0.2, 0.25) is 0 Å². The molecule has 0 radical (unpaired) electrons. The molecular weight excluding hydrogens is 478 g/mol. The number of ether oxygens (including phenoxy) is 1. The van der Waals surface area contributed by atoms with E-state index in [9.17, 15) is 18.0 Å². The van der Waals surface area contributed by atoms with Gasteiger partial charge >= 0.3 is 0 Å². The number of nitrogens with one attached hydrogen (secondary N) is 1. The average Bonchev–Trinajstić information content (AvgIpc) is 2.77. The molecule has 36 heavy (non-hydrogen) atoms. The average molecular weight is 518 g/mol. The van der Waals surface area contributed by atoms with Gasteiger partial charge in [-0.15, -0.1) is 0 Å². The summed E-state index contributed by atoms with van der Waals surface area (Å²) in [4.78, 5) is 28.4. The van der Waals surface area contributed by atoms with E-state index in [1.54, 1.807) is 31.4 Å². The van der Waals surface area contributed by atoms with E-state index >= 15 is 0 Å². The van der Waals surface area contributed by atoms with Crippen molar-refractivity contribution < 1.29 is 22.7 Å². The number of hydrogen-bond acceptors (Lipinski definition) is 5. The van der Waals surface area contributed by atoms with Crippen molar-refractivity contribution in [3.8, 4) is 5.75 Å². The Hall–Kier alpha value is -3.07. The Morgan fingerprint density at radius 1 is 1.06 bits per heavy atom. The van der Waals surface area contributed by atoms with Crippen LogP contribution in [0.5, 0.6) is 5.75 Å². The number of benzene rings is 2. The van der Waals surface area contributed by atoms with Gasteiger partial charge in [0.2, 0.25) is 21.8 Å². The molecule has 0 saturated heterocycles. The van der Waals surface area contributed by atoms with Crippen molar-refractivity contribution >= 4 is 27.5 Å². The topological polar surface area (TPSA) is 96.0 Å². The number of nitrogens with zero attached hydrogens (tertiary/aromatic N) is 2. The minimum Gasteiger partial charge on any atom is -0.497 e. The number of amides is 2. The van der Waals surface area contributed by atoms with E-state index in [1.165, 1.54) is 4.90 Å². The fourth-order valence-corrected chi connectivity index (χ4v) is 4.68. The summed E-state index contributed by atoms with van der Waals surface area (Å²) in [6, 6.07) is 11.7. The lowest BCUT2D eigenvalue weighted by Gasteiger charge is -2.34. The van der Waals surface area contributed by atoms with E-state index in [2.05, 4.69) is 5.32 Å². The molecule has 2 rings (SSSR count). The van der Waals surface area contributed by atoms with Crippen molar-refractivity contribution in [2.24, 2.45) is 0 Å². The zero-order valence-corrected chi connectivity index (χ0v) is 23.4. The maximum absolute atomic E-state index is 13.8. The summed E-state index contributed by atoms with van der Waals surface area (Å²) in [5.74, 6) is -0.143. The molecule has 0 aliphatic heterocycles. The lowest BCUT2D eigenvalue weighted by Crippen LogP contribution is -2.55. The summed E-state index contributed by atoms with van der Waals surface area (Å²) in [6.45, 7) is 11.0. The highest BCUT2D eigenvalue weighted by Crippen LogP contribution is 2.23. The first-order chi connectivity index (χ1) is 16.7. The summed E-state index contributed by atoms with van der Waals surface area (Å²) in [7, 11) is -2.22. The molecule has 2 aromatic carbocycles. The molecule has 0 heterocycles. The van der Waals surface area contributed by atoms with Crippen LogP contribution in [0.4, 0.5) is 5.69 Å². The van der Waals surface area contributed by atoms with Gasteiger partial charge in [-0.2, -0.15) is 0 Å². The molecule has 9 heteroatoms. The number of sulfonamides is 1. The molecule has 1 atom stereocenters. The molecule has 0 aliphatic rings. The molecule has 0 saturated carbocycles. The third kappa shape index (κ3) is 7.98. The quantitative estimate of drug-likeness (QED) is 0.517. The van der Waals surface area contributed by atoms with Crippen molar-refractivity contribution in [3.63, 3.8) is 0 Å². The number of methoxy groups -OCH3 is 1. The molecule has 2 aromatic rings. The summed E-state index contributed by atoms with van der Waals surface area (Å²) in [5, 5.41) is 2.95. The molecule has 0 aliphatic carbocycles. The van der Waals surface area contributed by atoms with Crippen LogP contribution in [0.25, 0.3) is 0 Å². The second kappa shape index (κ2) is 11.8. The number of hydrogen-bond donors (Lipinski definition) is 1. The molecule has 0 bridgehead atoms. The minimum absolute atomic E-state index is 0.122. The van der Waals surface area contributed by atoms with Gasteiger partial charge in [-0.05, 0) is 82.0 Å². The predicted molar refractivity (Wildman–Crippen MR) is 144 cm³/mol. The van der Waals surface area contributed by atoms with Gasteiger partial charge in [-0.25, -0.2) is 8.42 Å². The zero-order chi connectivity index (χ0) is 27.3. The van der Waals surface area contributed by atoms with Crippen molar-refractivity contribution in [3.05, 3.63) is 59.2 Å². The highest BCUT2D eigenvalue weighted by Gasteiger charge is 2.33. The highest BCUT2D eigenvalue weighted by molar-refractivity contribution is 7.92. The van der Waals surface area contributed by atoms with Crippen molar-refractivity contribution in [1.29, 1.82) is 0 Å². The third-order valence-electron chi connectivity index (χ3n) is 5.83. The van der Waals surface area contributed by atoms with Crippen LogP contribution in [0.3, 0.4) is 0 Å². The van der Waals surface area contributed by atoms with Crippen molar-refractivity contribution in [2.75, 3.05) is 24.2 Å². The first kappa shape index (κ1) is 29.2. The summed E-state index contributed by atoms with van der Waals surface area (Å²) in [6.07, 6.45) is 1.44. The van der Waals surface area contributed by atoms with Crippen LogP contribution in [0.1, 0.15) is 50.8 Å². The predicted octanol–water partition coefficient (Wildman–Crippen LogP) is 3.80. The standard InChI is InChI=1S/C27H39N3O5S/c1-9-24(26(32)28-27(4,5)6)29(17-21-11-10-12-23(16-21)35-7)25(31)18-30(36(8,33)34)22-14-13-19(2)20(3)15-22/h10-16,24H,9,17-18H2,1-8H3,(H,28,32)/t24-/m1/s1. The Kier molecular flexibility index (Phi) is 9.54. The summed E-state index contributed by atoms with van der Waals surface area (Å²) >= 11 is 0. The van der Waals surface area contributed by atoms with E-state index in [1.807, 2.05) is 59.7 Å². The number of carbonyl (C=O) groups excluding carboxylic acids is 2. The Balaban J connectivity index is 2.49. The van der Waals surface area contributed by atoms with Gasteiger partial charge in [0.1, 0.15) is 18.3 Å². The van der Waals surface area contributed by atoms with Gasteiger partial charge in [0.05, 0.1) is 19.1 Å². The Morgan fingerprint density at radius 2 is 1.72 bits per heavy atom. The summed E-state index contributed by atoms with van der Waals surface area (Å²) < 4.78 is 31.9. The molecule has 198 valence electrons. The van der Waals surface area contributed by atoms with Crippen LogP contribution in [0.15, 0.2) is 42.5 Å². The second-order valence-electron chi connectivity index (χ2n) is 10.1. The van der Waals surface area contributed by atoms with Crippen molar-refractivity contribution in [2.45, 2.75) is 66.1 Å². The van der Waals surface area contributed by atoms with E-state index in [0.29, 0.717) is 17.9 Å². The first-order valence-electron chi connectivity index (χ1n) is 12.0. The smallest absolute Gasteiger partial charge is 0.244 e. The molecule has 1 N–H and O–H groups in total. The number of anilines is 1. The minimum atomic E-state index is -3.78. The Bertz CT molecular complexity index is 1190. The zero-order valence-electron chi connectivity index (χ0n) is 22.6. The molecule has 0 fully saturated rings. The van der Waals surface area contributed by atoms with Crippen LogP contribution in [-0.4, -0.2) is 56.6 Å². The monoisotopic (exact) mass is 517 g/mol. The van der Waals surface area contributed by atoms with E-state index in [-0.39, 0.29) is 12.5 Å². The second-order valence-corrected chi connectivity index (χ2v) is 12.0. The molecule has 0 unspecified atom stereocenters. The SMILES string of the molecule is CC[C@H](C(=O)NC(C)(C)C)N(Cc1cccc(OC)c1)C(=O)CN(c1ccc(C)c(C)c1)S(C)(=O)=O. The van der Waals surface area contributed by atoms with E-state index in [0.717, 1.165) is 27.3 Å². The molecule has 2 amide bonds. The van der Waals surface area contributed by atoms with E-state index in [4.69, 9.17) is 4.74 Å². The van der Waals surface area contributed by atoms with E-state index < -0.39 is 34.1 Å². The Labute approximate surface area is 215 Å². The summed E-state index contributed by atoms with van der Waals surface area (Å²) in [5.41, 5.74) is 2.61. The lowest BCUT2D eigenvalue weighted by molar-refractivity contribution is -0.141. The van der Waals surface area contributed by atoms with Gasteiger partial charge in [0, 0.05) is 12.1 Å². The number of carbonyl (C=O) groups is 2. The van der Waals surface area contributed by atoms with Gasteiger partial charge in [0.15, 0.2) is 0 Å². The van der Waals surface area contributed by atoms with Crippen LogP contribution in [0, 0.1) is 13.8 Å². The van der Waals surface area contributed by atoms with Gasteiger partial charge in [0.25, 0.3) is 0 Å². The molecule has 8 nitrogen and oxygen atoms in total. The lowest BCUT2D eigenvalue weighted by atomic mass is 10.1. The number of aryl methyl sites for hydroxylation is 2. The third-order valence-corrected chi connectivity index (χ3v) is 6.97.